The molecule has 1 aliphatic rings. The molecule has 2 heteroatoms. The molecule has 1 aromatic rings. The smallest absolute Gasteiger partial charge is 0.246 e. The molecule has 1 aliphatic heterocycles. The van der Waals surface area contributed by atoms with Crippen LogP contribution in [-0.2, 0) is 24.2 Å². The molecule has 0 spiro atoms. The average molecular weight is 243 g/mol. The highest BCUT2D eigenvalue weighted by atomic mass is 16.2. The Morgan fingerprint density at radius 2 is 2.22 bits per heavy atom. The molecule has 2 nitrogen and oxygen atoms in total. The van der Waals surface area contributed by atoms with Gasteiger partial charge >= 0.3 is 0 Å². The SMILES string of the molecule is C=CC(=O)N1CCc2cc(CC(C)C)ccc2C1. The van der Waals surface area contributed by atoms with Crippen LogP contribution in [0, 0.1) is 5.92 Å². The number of rotatable bonds is 3. The Morgan fingerprint density at radius 1 is 1.44 bits per heavy atom. The fourth-order valence-corrected chi connectivity index (χ4v) is 2.52. The van der Waals surface area contributed by atoms with E-state index < -0.39 is 0 Å². The molecular weight excluding hydrogens is 222 g/mol. The third-order valence-electron chi connectivity index (χ3n) is 3.41. The molecule has 1 heterocycles. The second-order valence-corrected chi connectivity index (χ2v) is 5.41. The van der Waals surface area contributed by atoms with Crippen molar-refractivity contribution in [3.05, 3.63) is 47.5 Å². The van der Waals surface area contributed by atoms with E-state index in [1.165, 1.54) is 22.8 Å². The average Bonchev–Trinajstić information content (AvgIpc) is 2.36. The van der Waals surface area contributed by atoms with Crippen molar-refractivity contribution >= 4 is 5.91 Å². The summed E-state index contributed by atoms with van der Waals surface area (Å²) in [6.07, 6.45) is 3.49. The molecule has 0 fully saturated rings. The normalized spacial score (nSPS) is 14.5. The highest BCUT2D eigenvalue weighted by Gasteiger charge is 2.18. The van der Waals surface area contributed by atoms with Crippen LogP contribution in [-0.4, -0.2) is 17.4 Å². The molecule has 0 saturated heterocycles. The minimum atomic E-state index is 0.0342. The van der Waals surface area contributed by atoms with Crippen molar-refractivity contribution in [1.82, 2.24) is 4.90 Å². The summed E-state index contributed by atoms with van der Waals surface area (Å²) < 4.78 is 0. The molecular formula is C16H21NO. The van der Waals surface area contributed by atoms with Crippen molar-refractivity contribution in [3.8, 4) is 0 Å². The van der Waals surface area contributed by atoms with E-state index in [1.54, 1.807) is 0 Å². The van der Waals surface area contributed by atoms with Gasteiger partial charge in [-0.25, -0.2) is 0 Å². The maximum atomic E-state index is 11.6. The number of hydrogen-bond donors (Lipinski definition) is 0. The summed E-state index contributed by atoms with van der Waals surface area (Å²) in [5.41, 5.74) is 4.09. The van der Waals surface area contributed by atoms with E-state index in [4.69, 9.17) is 0 Å². The fraction of sp³-hybridized carbons (Fsp3) is 0.438. The summed E-state index contributed by atoms with van der Waals surface area (Å²) in [5, 5.41) is 0. The van der Waals surface area contributed by atoms with E-state index >= 15 is 0 Å². The van der Waals surface area contributed by atoms with Crippen LogP contribution in [0.2, 0.25) is 0 Å². The second kappa shape index (κ2) is 5.38. The number of carbonyl (C=O) groups is 1. The van der Waals surface area contributed by atoms with E-state index in [9.17, 15) is 4.79 Å². The maximum absolute atomic E-state index is 11.6. The first-order chi connectivity index (χ1) is 8.60. The van der Waals surface area contributed by atoms with E-state index in [2.05, 4.69) is 38.6 Å². The molecule has 0 aromatic heterocycles. The Kier molecular flexibility index (Phi) is 3.85. The van der Waals surface area contributed by atoms with Crippen molar-refractivity contribution in [2.45, 2.75) is 33.2 Å². The van der Waals surface area contributed by atoms with Crippen LogP contribution < -0.4 is 0 Å². The number of fused-ring (bicyclic) bond motifs is 1. The highest BCUT2D eigenvalue weighted by Crippen LogP contribution is 2.21. The Balaban J connectivity index is 2.15. The Labute approximate surface area is 109 Å². The first kappa shape index (κ1) is 12.9. The minimum absolute atomic E-state index is 0.0342. The van der Waals surface area contributed by atoms with Crippen molar-refractivity contribution in [1.29, 1.82) is 0 Å². The summed E-state index contributed by atoms with van der Waals surface area (Å²) in [4.78, 5) is 13.5. The van der Waals surface area contributed by atoms with Crippen LogP contribution in [0.1, 0.15) is 30.5 Å². The molecule has 96 valence electrons. The molecule has 0 bridgehead atoms. The molecule has 1 amide bonds. The standard InChI is InChI=1S/C16H21NO/c1-4-16(18)17-8-7-14-10-13(9-12(2)3)5-6-15(14)11-17/h4-6,10,12H,1,7-9,11H2,2-3H3. The van der Waals surface area contributed by atoms with Crippen LogP contribution >= 0.6 is 0 Å². The summed E-state index contributed by atoms with van der Waals surface area (Å²) in [6, 6.07) is 6.68. The summed E-state index contributed by atoms with van der Waals surface area (Å²) in [7, 11) is 0. The third kappa shape index (κ3) is 2.81. The van der Waals surface area contributed by atoms with Gasteiger partial charge in [-0.1, -0.05) is 38.6 Å². The zero-order valence-electron chi connectivity index (χ0n) is 11.3. The van der Waals surface area contributed by atoms with Crippen molar-refractivity contribution < 1.29 is 4.79 Å². The van der Waals surface area contributed by atoms with Gasteiger partial charge in [-0.2, -0.15) is 0 Å². The molecule has 2 rings (SSSR count). The molecule has 0 saturated carbocycles. The summed E-state index contributed by atoms with van der Waals surface area (Å²) in [6.45, 7) is 9.56. The van der Waals surface area contributed by atoms with Gasteiger partial charge in [-0.15, -0.1) is 0 Å². The van der Waals surface area contributed by atoms with Gasteiger partial charge in [-0.3, -0.25) is 4.79 Å². The van der Waals surface area contributed by atoms with Crippen molar-refractivity contribution in [3.63, 3.8) is 0 Å². The minimum Gasteiger partial charge on any atom is -0.335 e. The molecule has 0 radical (unpaired) electrons. The molecule has 0 unspecified atom stereocenters. The molecule has 18 heavy (non-hydrogen) atoms. The van der Waals surface area contributed by atoms with Crippen LogP contribution in [0.3, 0.4) is 0 Å². The molecule has 1 aromatic carbocycles. The lowest BCUT2D eigenvalue weighted by Gasteiger charge is -2.28. The first-order valence-electron chi connectivity index (χ1n) is 6.62. The predicted octanol–water partition coefficient (Wildman–Crippen LogP) is 2.96. The van der Waals surface area contributed by atoms with E-state index in [0.29, 0.717) is 5.92 Å². The van der Waals surface area contributed by atoms with Gasteiger partial charge in [0, 0.05) is 13.1 Å². The zero-order chi connectivity index (χ0) is 13.1. The van der Waals surface area contributed by atoms with Gasteiger partial charge in [0.05, 0.1) is 0 Å². The highest BCUT2D eigenvalue weighted by molar-refractivity contribution is 5.87. The van der Waals surface area contributed by atoms with E-state index in [1.807, 2.05) is 4.90 Å². The van der Waals surface area contributed by atoms with Gasteiger partial charge < -0.3 is 4.90 Å². The Hall–Kier alpha value is -1.57. The molecule has 0 N–H and O–H groups in total. The van der Waals surface area contributed by atoms with Gasteiger partial charge in [0.15, 0.2) is 0 Å². The van der Waals surface area contributed by atoms with Crippen LogP contribution in [0.5, 0.6) is 0 Å². The monoisotopic (exact) mass is 243 g/mol. The van der Waals surface area contributed by atoms with E-state index in [-0.39, 0.29) is 5.91 Å². The lowest BCUT2D eigenvalue weighted by molar-refractivity contribution is -0.126. The number of carbonyl (C=O) groups excluding carboxylic acids is 1. The van der Waals surface area contributed by atoms with Crippen LogP contribution in [0.25, 0.3) is 0 Å². The van der Waals surface area contributed by atoms with Crippen LogP contribution in [0.4, 0.5) is 0 Å². The maximum Gasteiger partial charge on any atom is 0.246 e. The van der Waals surface area contributed by atoms with E-state index in [0.717, 1.165) is 25.9 Å². The van der Waals surface area contributed by atoms with Crippen molar-refractivity contribution in [2.75, 3.05) is 6.54 Å². The molecule has 0 aliphatic carbocycles. The summed E-state index contributed by atoms with van der Waals surface area (Å²) in [5.74, 6) is 0.720. The number of hydrogen-bond acceptors (Lipinski definition) is 1. The lowest BCUT2D eigenvalue weighted by Crippen LogP contribution is -2.34. The Bertz CT molecular complexity index is 462. The predicted molar refractivity (Wildman–Crippen MR) is 74.3 cm³/mol. The van der Waals surface area contributed by atoms with Gasteiger partial charge in [-0.05, 0) is 41.5 Å². The van der Waals surface area contributed by atoms with Crippen LogP contribution in [0.15, 0.2) is 30.9 Å². The fourth-order valence-electron chi connectivity index (χ4n) is 2.52. The number of benzene rings is 1. The first-order valence-corrected chi connectivity index (χ1v) is 6.62. The number of amides is 1. The summed E-state index contributed by atoms with van der Waals surface area (Å²) >= 11 is 0. The zero-order valence-corrected chi connectivity index (χ0v) is 11.3. The van der Waals surface area contributed by atoms with Gasteiger partial charge in [0.1, 0.15) is 0 Å². The molecule has 0 atom stereocenters. The topological polar surface area (TPSA) is 20.3 Å². The van der Waals surface area contributed by atoms with Crippen molar-refractivity contribution in [2.24, 2.45) is 5.92 Å². The largest absolute Gasteiger partial charge is 0.335 e. The number of nitrogens with zero attached hydrogens (tertiary/aromatic N) is 1. The quantitative estimate of drug-likeness (QED) is 0.747. The Morgan fingerprint density at radius 3 is 2.89 bits per heavy atom. The second-order valence-electron chi connectivity index (χ2n) is 5.41. The van der Waals surface area contributed by atoms with Gasteiger partial charge in [0.2, 0.25) is 5.91 Å². The third-order valence-corrected chi connectivity index (χ3v) is 3.41. The lowest BCUT2D eigenvalue weighted by atomic mass is 9.94. The van der Waals surface area contributed by atoms with Gasteiger partial charge in [0.25, 0.3) is 0 Å².